The van der Waals surface area contributed by atoms with Crippen molar-refractivity contribution in [3.63, 3.8) is 0 Å². The van der Waals surface area contributed by atoms with Crippen LogP contribution in [0.5, 0.6) is 0 Å². The molecule has 0 bridgehead atoms. The molecule has 92 valence electrons. The van der Waals surface area contributed by atoms with Gasteiger partial charge in [-0.2, -0.15) is 13.2 Å². The van der Waals surface area contributed by atoms with Gasteiger partial charge in [0.2, 0.25) is 0 Å². The Morgan fingerprint density at radius 3 is 2.47 bits per heavy atom. The largest absolute Gasteiger partial charge is 0.415 e. The Bertz CT molecular complexity index is 153. The highest BCUT2D eigenvalue weighted by atomic mass is 19.4. The molecule has 0 aliphatic carbocycles. The highest BCUT2D eigenvalue weighted by molar-refractivity contribution is 4.67. The minimum absolute atomic E-state index is 0.437. The smallest absolute Gasteiger partial charge is 0.385 e. The first-order valence-electron chi connectivity index (χ1n) is 4.93. The molecule has 1 unspecified atom stereocenters. The minimum atomic E-state index is -4.52. The van der Waals surface area contributed by atoms with Crippen LogP contribution >= 0.6 is 0 Å². The summed E-state index contributed by atoms with van der Waals surface area (Å²) in [6, 6.07) is 0. The molecule has 0 aliphatic heterocycles. The molecule has 0 aromatic carbocycles. The number of methoxy groups -OCH3 is 1. The third kappa shape index (κ3) is 8.65. The fourth-order valence-corrected chi connectivity index (χ4v) is 1.03. The lowest BCUT2D eigenvalue weighted by molar-refractivity contribution is -0.201. The molecule has 6 heteroatoms. The lowest BCUT2D eigenvalue weighted by Crippen LogP contribution is -2.38. The first-order chi connectivity index (χ1) is 6.98. The van der Waals surface area contributed by atoms with E-state index in [1.165, 1.54) is 0 Å². The third-order valence-electron chi connectivity index (χ3n) is 1.92. The molecule has 0 fully saturated rings. The second kappa shape index (κ2) is 7.90. The van der Waals surface area contributed by atoms with E-state index in [2.05, 4.69) is 5.32 Å². The van der Waals surface area contributed by atoms with Crippen molar-refractivity contribution >= 4 is 0 Å². The summed E-state index contributed by atoms with van der Waals surface area (Å²) in [5.74, 6) is 0. The summed E-state index contributed by atoms with van der Waals surface area (Å²) in [5, 5.41) is 11.2. The van der Waals surface area contributed by atoms with Crippen LogP contribution in [0.1, 0.15) is 19.3 Å². The quantitative estimate of drug-likeness (QED) is 0.617. The van der Waals surface area contributed by atoms with Crippen LogP contribution in [-0.2, 0) is 4.74 Å². The predicted molar refractivity (Wildman–Crippen MR) is 50.7 cm³/mol. The van der Waals surface area contributed by atoms with Gasteiger partial charge in [-0.15, -0.1) is 0 Å². The number of nitrogens with one attached hydrogen (secondary N) is 1. The standard InChI is InChI=1S/C9H18F3NO2/c1-15-6-4-2-3-5-13-7-8(14)9(10,11)12/h8,13-14H,2-7H2,1H3. The van der Waals surface area contributed by atoms with Crippen molar-refractivity contribution in [2.24, 2.45) is 0 Å². The number of aliphatic hydroxyl groups is 1. The summed E-state index contributed by atoms with van der Waals surface area (Å²) < 4.78 is 40.3. The molecular formula is C9H18F3NO2. The maximum absolute atomic E-state index is 11.8. The first kappa shape index (κ1) is 14.7. The Balaban J connectivity index is 3.24. The monoisotopic (exact) mass is 229 g/mol. The van der Waals surface area contributed by atoms with Crippen LogP contribution in [0, 0.1) is 0 Å². The maximum atomic E-state index is 11.8. The molecule has 0 saturated carbocycles. The normalized spacial score (nSPS) is 14.2. The van der Waals surface area contributed by atoms with Gasteiger partial charge < -0.3 is 15.2 Å². The molecule has 0 amide bonds. The first-order valence-corrected chi connectivity index (χ1v) is 4.93. The molecular weight excluding hydrogens is 211 g/mol. The molecule has 0 radical (unpaired) electrons. The van der Waals surface area contributed by atoms with Gasteiger partial charge in [-0.25, -0.2) is 0 Å². The van der Waals surface area contributed by atoms with Gasteiger partial charge in [-0.1, -0.05) is 0 Å². The SMILES string of the molecule is COCCCCCNCC(O)C(F)(F)F. The Kier molecular flexibility index (Phi) is 7.72. The average molecular weight is 229 g/mol. The summed E-state index contributed by atoms with van der Waals surface area (Å²) in [4.78, 5) is 0. The minimum Gasteiger partial charge on any atom is -0.385 e. The lowest BCUT2D eigenvalue weighted by Gasteiger charge is -2.14. The Morgan fingerprint density at radius 1 is 1.27 bits per heavy atom. The summed E-state index contributed by atoms with van der Waals surface area (Å²) in [7, 11) is 1.61. The summed E-state index contributed by atoms with van der Waals surface area (Å²) in [6.45, 7) is 0.718. The van der Waals surface area contributed by atoms with Gasteiger partial charge in [-0.05, 0) is 25.8 Å². The zero-order chi connectivity index (χ0) is 11.7. The van der Waals surface area contributed by atoms with Gasteiger partial charge in [0.05, 0.1) is 0 Å². The average Bonchev–Trinajstić information content (AvgIpc) is 2.14. The van der Waals surface area contributed by atoms with Crippen molar-refractivity contribution in [2.75, 3.05) is 26.8 Å². The van der Waals surface area contributed by atoms with E-state index >= 15 is 0 Å². The fourth-order valence-electron chi connectivity index (χ4n) is 1.03. The van der Waals surface area contributed by atoms with Gasteiger partial charge in [0.25, 0.3) is 0 Å². The van der Waals surface area contributed by atoms with Crippen molar-refractivity contribution in [2.45, 2.75) is 31.5 Å². The number of hydrogen-bond donors (Lipinski definition) is 2. The molecule has 0 aromatic rings. The highest BCUT2D eigenvalue weighted by Gasteiger charge is 2.37. The second-order valence-corrected chi connectivity index (χ2v) is 3.31. The summed E-state index contributed by atoms with van der Waals surface area (Å²) in [6.07, 6.45) is -4.20. The van der Waals surface area contributed by atoms with Crippen molar-refractivity contribution in [1.29, 1.82) is 0 Å². The predicted octanol–water partition coefficient (Wildman–Crippen LogP) is 1.32. The Morgan fingerprint density at radius 2 is 1.93 bits per heavy atom. The van der Waals surface area contributed by atoms with E-state index in [1.807, 2.05) is 0 Å². The fraction of sp³-hybridized carbons (Fsp3) is 1.00. The van der Waals surface area contributed by atoms with Gasteiger partial charge in [0, 0.05) is 20.3 Å². The van der Waals surface area contributed by atoms with Crippen LogP contribution in [-0.4, -0.2) is 44.2 Å². The van der Waals surface area contributed by atoms with Crippen LogP contribution in [0.25, 0.3) is 0 Å². The lowest BCUT2D eigenvalue weighted by atomic mass is 10.2. The molecule has 0 aromatic heterocycles. The molecule has 15 heavy (non-hydrogen) atoms. The number of alkyl halides is 3. The van der Waals surface area contributed by atoms with Gasteiger partial charge >= 0.3 is 6.18 Å². The van der Waals surface area contributed by atoms with Crippen LogP contribution in [0.15, 0.2) is 0 Å². The van der Waals surface area contributed by atoms with E-state index in [9.17, 15) is 13.2 Å². The van der Waals surface area contributed by atoms with E-state index < -0.39 is 18.8 Å². The van der Waals surface area contributed by atoms with Crippen LogP contribution < -0.4 is 5.32 Å². The zero-order valence-corrected chi connectivity index (χ0v) is 8.81. The van der Waals surface area contributed by atoms with E-state index in [0.29, 0.717) is 13.2 Å². The number of hydrogen-bond acceptors (Lipinski definition) is 3. The number of ether oxygens (including phenoxy) is 1. The molecule has 3 nitrogen and oxygen atoms in total. The number of rotatable bonds is 8. The molecule has 1 atom stereocenters. The van der Waals surface area contributed by atoms with E-state index in [4.69, 9.17) is 9.84 Å². The number of halogens is 3. The summed E-state index contributed by atoms with van der Waals surface area (Å²) >= 11 is 0. The Labute approximate surface area is 87.6 Å². The molecule has 0 rings (SSSR count). The number of aliphatic hydroxyl groups excluding tert-OH is 1. The van der Waals surface area contributed by atoms with Gasteiger partial charge in [0.1, 0.15) is 0 Å². The molecule has 0 aliphatic rings. The van der Waals surface area contributed by atoms with Crippen LogP contribution in [0.3, 0.4) is 0 Å². The van der Waals surface area contributed by atoms with Gasteiger partial charge in [0.15, 0.2) is 6.10 Å². The van der Waals surface area contributed by atoms with Crippen molar-refractivity contribution in [3.8, 4) is 0 Å². The summed E-state index contributed by atoms with van der Waals surface area (Å²) in [5.41, 5.74) is 0. The molecule has 0 spiro atoms. The third-order valence-corrected chi connectivity index (χ3v) is 1.92. The van der Waals surface area contributed by atoms with Crippen molar-refractivity contribution in [3.05, 3.63) is 0 Å². The maximum Gasteiger partial charge on any atom is 0.415 e. The van der Waals surface area contributed by atoms with Crippen molar-refractivity contribution in [1.82, 2.24) is 5.32 Å². The topological polar surface area (TPSA) is 41.5 Å². The molecule has 0 saturated heterocycles. The van der Waals surface area contributed by atoms with E-state index in [-0.39, 0.29) is 0 Å². The number of unbranched alkanes of at least 4 members (excludes halogenated alkanes) is 2. The highest BCUT2D eigenvalue weighted by Crippen LogP contribution is 2.19. The van der Waals surface area contributed by atoms with Gasteiger partial charge in [-0.3, -0.25) is 0 Å². The molecule has 2 N–H and O–H groups in total. The Hall–Kier alpha value is -0.330. The van der Waals surface area contributed by atoms with Crippen molar-refractivity contribution < 1.29 is 23.0 Å². The second-order valence-electron chi connectivity index (χ2n) is 3.31. The van der Waals surface area contributed by atoms with Crippen LogP contribution in [0.2, 0.25) is 0 Å². The molecule has 0 heterocycles. The van der Waals surface area contributed by atoms with E-state index in [0.717, 1.165) is 19.3 Å². The van der Waals surface area contributed by atoms with Crippen LogP contribution in [0.4, 0.5) is 13.2 Å². The van der Waals surface area contributed by atoms with E-state index in [1.54, 1.807) is 7.11 Å². The zero-order valence-electron chi connectivity index (χ0n) is 8.81.